The molecule has 0 aromatic rings. The first-order chi connectivity index (χ1) is 26.5. The van der Waals surface area contributed by atoms with E-state index < -0.39 is 77.8 Å². The number of nitrogens with zero attached hydrogens (tertiary/aromatic N) is 1. The summed E-state index contributed by atoms with van der Waals surface area (Å²) >= 11 is 6.52. The Morgan fingerprint density at radius 3 is 2.27 bits per heavy atom. The summed E-state index contributed by atoms with van der Waals surface area (Å²) < 4.78 is 29.9. The summed E-state index contributed by atoms with van der Waals surface area (Å²) in [4.78, 5) is 57.7. The highest BCUT2D eigenvalue weighted by atomic mass is 35.5. The van der Waals surface area contributed by atoms with E-state index >= 15 is 0 Å². The zero-order valence-corrected chi connectivity index (χ0v) is 35.8. The number of amides is 1. The third-order valence-corrected chi connectivity index (χ3v) is 13.3. The van der Waals surface area contributed by atoms with Crippen molar-refractivity contribution in [2.24, 2.45) is 29.6 Å². The van der Waals surface area contributed by atoms with Gasteiger partial charge in [-0.2, -0.15) is 0 Å². The van der Waals surface area contributed by atoms with Crippen LogP contribution in [0.1, 0.15) is 112 Å². The Balaban J connectivity index is 1.76. The molecule has 4 aliphatic rings. The van der Waals surface area contributed by atoms with E-state index in [0.29, 0.717) is 44.1 Å². The summed E-state index contributed by atoms with van der Waals surface area (Å²) in [6.45, 7) is 11.3. The van der Waals surface area contributed by atoms with E-state index in [1.807, 2.05) is 32.9 Å². The molecule has 1 unspecified atom stereocenters. The minimum atomic E-state index is -2.49. The van der Waals surface area contributed by atoms with Gasteiger partial charge in [-0.05, 0) is 95.5 Å². The number of allylic oxidation sites excluding steroid dienone is 3. The van der Waals surface area contributed by atoms with Crippen LogP contribution in [0.5, 0.6) is 0 Å². The van der Waals surface area contributed by atoms with Gasteiger partial charge < -0.3 is 38.8 Å². The van der Waals surface area contributed by atoms with Crippen LogP contribution >= 0.6 is 11.6 Å². The SMILES string of the molecule is CC[C@@H]1/C=C(\C)C[C@H](C)C[C@H](OC)[C@H]2O[C@@](O)(C(=O)C(=O)N3CCCC[C@H]3C(=O)O[C@H](/C(C)=C/[C@@H]3CC[C@H](Cl)[C@H](OC)C3)[C@H](C)[C@@H](O)CC1=O)[C@H](C)CC2OC. The number of carbonyl (C=O) groups excluding carboxylic acids is 4. The first-order valence-corrected chi connectivity index (χ1v) is 21.2. The molecule has 1 aliphatic carbocycles. The fraction of sp³-hybridized carbons (Fsp3) is 0.814. The molecule has 1 saturated carbocycles. The number of hydrogen-bond donors (Lipinski definition) is 2. The summed E-state index contributed by atoms with van der Waals surface area (Å²) in [5.74, 6) is -7.31. The lowest BCUT2D eigenvalue weighted by Gasteiger charge is -2.47. The topological polar surface area (TPSA) is 158 Å². The van der Waals surface area contributed by atoms with Crippen molar-refractivity contribution in [3.63, 3.8) is 0 Å². The van der Waals surface area contributed by atoms with Crippen molar-refractivity contribution in [3.05, 3.63) is 23.3 Å². The van der Waals surface area contributed by atoms with E-state index in [2.05, 4.69) is 6.92 Å². The zero-order chi connectivity index (χ0) is 41.5. The normalized spacial score (nSPS) is 41.6. The molecule has 3 heterocycles. The number of halogens is 1. The second-order valence-corrected chi connectivity index (χ2v) is 17.7. The molecule has 318 valence electrons. The maximum atomic E-state index is 14.3. The number of fused-ring (bicyclic) bond motifs is 3. The van der Waals surface area contributed by atoms with Gasteiger partial charge in [-0.3, -0.25) is 14.4 Å². The Labute approximate surface area is 339 Å². The number of alkyl halides is 1. The number of aliphatic hydroxyl groups is 2. The summed E-state index contributed by atoms with van der Waals surface area (Å²) in [6, 6.07) is -1.12. The van der Waals surface area contributed by atoms with Gasteiger partial charge in [-0.25, -0.2) is 4.79 Å². The van der Waals surface area contributed by atoms with Gasteiger partial charge in [-0.15, -0.1) is 11.6 Å². The molecule has 1 amide bonds. The van der Waals surface area contributed by atoms with E-state index in [0.717, 1.165) is 18.4 Å². The first-order valence-electron chi connectivity index (χ1n) is 20.7. The Kier molecular flexibility index (Phi) is 17.2. The number of ketones is 2. The number of carbonyl (C=O) groups is 4. The van der Waals surface area contributed by atoms with Crippen molar-refractivity contribution in [3.8, 4) is 0 Å². The van der Waals surface area contributed by atoms with Crippen molar-refractivity contribution in [1.29, 1.82) is 0 Å². The van der Waals surface area contributed by atoms with Crippen LogP contribution in [0.25, 0.3) is 0 Å². The smallest absolute Gasteiger partial charge is 0.329 e. The highest BCUT2D eigenvalue weighted by molar-refractivity contribution is 6.39. The Morgan fingerprint density at radius 1 is 0.964 bits per heavy atom. The van der Waals surface area contributed by atoms with Gasteiger partial charge in [0.1, 0.15) is 24.0 Å². The van der Waals surface area contributed by atoms with Crippen LogP contribution in [0, 0.1) is 29.6 Å². The van der Waals surface area contributed by atoms with Crippen LogP contribution in [0.15, 0.2) is 23.3 Å². The van der Waals surface area contributed by atoms with Gasteiger partial charge in [0.05, 0.1) is 29.8 Å². The quantitative estimate of drug-likeness (QED) is 0.146. The van der Waals surface area contributed by atoms with Crippen molar-refractivity contribution >= 4 is 35.0 Å². The number of piperidine rings is 1. The van der Waals surface area contributed by atoms with Gasteiger partial charge in [-0.1, -0.05) is 45.4 Å². The predicted molar refractivity (Wildman–Crippen MR) is 212 cm³/mol. The van der Waals surface area contributed by atoms with E-state index in [-0.39, 0.29) is 54.9 Å². The molecule has 0 radical (unpaired) electrons. The van der Waals surface area contributed by atoms with Crippen LogP contribution in [-0.4, -0.2) is 120 Å². The van der Waals surface area contributed by atoms with Crippen LogP contribution in [-0.2, 0) is 42.9 Å². The number of ether oxygens (including phenoxy) is 5. The lowest BCUT2D eigenvalue weighted by Crippen LogP contribution is -2.64. The van der Waals surface area contributed by atoms with Crippen molar-refractivity contribution in [2.75, 3.05) is 27.9 Å². The number of hydrogen-bond acceptors (Lipinski definition) is 11. The lowest BCUT2D eigenvalue weighted by molar-refractivity contribution is -0.302. The van der Waals surface area contributed by atoms with E-state index in [1.165, 1.54) is 19.1 Å². The van der Waals surface area contributed by atoms with Crippen LogP contribution < -0.4 is 0 Å². The summed E-state index contributed by atoms with van der Waals surface area (Å²) in [5, 5.41) is 23.6. The van der Waals surface area contributed by atoms with Crippen LogP contribution in [0.4, 0.5) is 0 Å². The average molecular weight is 810 g/mol. The molecule has 14 atom stereocenters. The standard InChI is InChI=1S/C43H68ClNO11/c1-10-30-18-24(2)17-25(3)19-36(53-8)39-37(54-9)21-27(5)43(51,56-39)40(48)41(49)45-16-12-11-13-32(45)42(50)55-38(28(6)33(46)23-34(30)47)26(4)20-29-14-15-31(44)35(22-29)52-7/h18,20,25,27-33,35-39,46,51H,10-17,19,21-23H2,1-9H3/b24-18+,26-20+/t25-,27+,28+,29-,30+,31-,32-,33-,35+,36-,37?,38+,39+,43+/m0/s1. The molecule has 3 fully saturated rings. The highest BCUT2D eigenvalue weighted by Gasteiger charge is 2.56. The maximum Gasteiger partial charge on any atom is 0.329 e. The van der Waals surface area contributed by atoms with Crippen molar-refractivity contribution in [1.82, 2.24) is 4.90 Å². The molecule has 4 rings (SSSR count). The number of aliphatic hydroxyl groups excluding tert-OH is 1. The van der Waals surface area contributed by atoms with Gasteiger partial charge in [0, 0.05) is 52.0 Å². The molecule has 0 aromatic carbocycles. The third kappa shape index (κ3) is 10.9. The average Bonchev–Trinajstić information content (AvgIpc) is 3.18. The number of Topliss-reactive ketones (excluding diaryl/α,β-unsaturated/α-hetero) is 2. The molecule has 3 aliphatic heterocycles. The Bertz CT molecular complexity index is 1440. The second-order valence-electron chi connectivity index (χ2n) is 17.1. The fourth-order valence-electron chi connectivity index (χ4n) is 9.36. The number of methoxy groups -OCH3 is 3. The minimum Gasteiger partial charge on any atom is -0.456 e. The molecule has 12 nitrogen and oxygen atoms in total. The molecule has 0 aromatic heterocycles. The molecule has 2 saturated heterocycles. The van der Waals surface area contributed by atoms with Crippen molar-refractivity contribution in [2.45, 2.75) is 166 Å². The molecule has 56 heavy (non-hydrogen) atoms. The second kappa shape index (κ2) is 20.7. The first kappa shape index (κ1) is 46.5. The minimum absolute atomic E-state index is 0.0425. The summed E-state index contributed by atoms with van der Waals surface area (Å²) in [5.41, 5.74) is 1.71. The highest BCUT2D eigenvalue weighted by Crippen LogP contribution is 2.39. The largest absolute Gasteiger partial charge is 0.456 e. The molecule has 0 spiro atoms. The third-order valence-electron chi connectivity index (χ3n) is 12.8. The molecular weight excluding hydrogens is 742 g/mol. The molecule has 2 N–H and O–H groups in total. The van der Waals surface area contributed by atoms with Gasteiger partial charge in [0.15, 0.2) is 0 Å². The number of rotatable bonds is 6. The number of cyclic esters (lactones) is 1. The maximum absolute atomic E-state index is 14.3. The molecule has 13 heteroatoms. The lowest BCUT2D eigenvalue weighted by atomic mass is 9.82. The van der Waals surface area contributed by atoms with Gasteiger partial charge >= 0.3 is 5.97 Å². The van der Waals surface area contributed by atoms with E-state index in [1.54, 1.807) is 21.0 Å². The van der Waals surface area contributed by atoms with E-state index in [9.17, 15) is 29.4 Å². The van der Waals surface area contributed by atoms with Crippen molar-refractivity contribution < 1.29 is 53.1 Å². The summed E-state index contributed by atoms with van der Waals surface area (Å²) in [7, 11) is 4.71. The zero-order valence-electron chi connectivity index (χ0n) is 35.0. The molecular formula is C43H68ClNO11. The van der Waals surface area contributed by atoms with Gasteiger partial charge in [0.25, 0.3) is 11.7 Å². The monoisotopic (exact) mass is 809 g/mol. The summed E-state index contributed by atoms with van der Waals surface area (Å²) in [6.07, 6.45) is 5.16. The Hall–Kier alpha value is -2.19. The predicted octanol–water partition coefficient (Wildman–Crippen LogP) is 5.72. The number of esters is 1. The van der Waals surface area contributed by atoms with Crippen LogP contribution in [0.2, 0.25) is 0 Å². The van der Waals surface area contributed by atoms with E-state index in [4.69, 9.17) is 35.3 Å². The van der Waals surface area contributed by atoms with Crippen LogP contribution in [0.3, 0.4) is 0 Å². The fourth-order valence-corrected chi connectivity index (χ4v) is 9.69. The molecule has 2 bridgehead atoms. The Morgan fingerprint density at radius 2 is 1.62 bits per heavy atom. The van der Waals surface area contributed by atoms with Gasteiger partial charge in [0.2, 0.25) is 5.79 Å².